The highest BCUT2D eigenvalue weighted by molar-refractivity contribution is 6.02. The Morgan fingerprint density at radius 1 is 1.12 bits per heavy atom. The fraction of sp³-hybridized carbons (Fsp3) is 0.276. The van der Waals surface area contributed by atoms with Gasteiger partial charge in [0, 0.05) is 57.7 Å². The molecule has 0 fully saturated rings. The number of anilines is 1. The third-order valence-corrected chi connectivity index (χ3v) is 7.35. The Balaban J connectivity index is 1.15. The molecule has 40 heavy (non-hydrogen) atoms. The number of carbonyl (C=O) groups excluding carboxylic acids is 2. The zero-order valence-electron chi connectivity index (χ0n) is 22.1. The summed E-state index contributed by atoms with van der Waals surface area (Å²) < 4.78 is 0. The third-order valence-electron chi connectivity index (χ3n) is 7.35. The van der Waals surface area contributed by atoms with Crippen molar-refractivity contribution in [3.63, 3.8) is 0 Å². The lowest BCUT2D eigenvalue weighted by atomic mass is 9.93. The average molecular weight is 536 g/mol. The Bertz CT molecular complexity index is 1470. The maximum absolute atomic E-state index is 13.9. The lowest BCUT2D eigenvalue weighted by Gasteiger charge is -2.30. The van der Waals surface area contributed by atoms with E-state index in [0.717, 1.165) is 35.2 Å². The van der Waals surface area contributed by atoms with Crippen LogP contribution in [-0.2, 0) is 11.3 Å². The summed E-state index contributed by atoms with van der Waals surface area (Å²) in [4.78, 5) is 53.7. The minimum Gasteiger partial charge on any atom is -0.351 e. The predicted molar refractivity (Wildman–Crippen MR) is 151 cm³/mol. The first kappa shape index (κ1) is 25.4. The van der Waals surface area contributed by atoms with E-state index in [-0.39, 0.29) is 29.6 Å². The summed E-state index contributed by atoms with van der Waals surface area (Å²) in [6.45, 7) is 1.37. The summed E-state index contributed by atoms with van der Waals surface area (Å²) in [6, 6.07) is 3.71. The summed E-state index contributed by atoms with van der Waals surface area (Å²) >= 11 is 0. The largest absolute Gasteiger partial charge is 0.351 e. The number of carbonyl (C=O) groups is 2. The summed E-state index contributed by atoms with van der Waals surface area (Å²) in [7, 11) is 2.00. The fourth-order valence-electron chi connectivity index (χ4n) is 5.30. The number of hydrogen-bond acceptors (Lipinski definition) is 9. The molecule has 0 saturated carbocycles. The molecule has 4 aliphatic rings. The molecule has 5 heterocycles. The summed E-state index contributed by atoms with van der Waals surface area (Å²) in [5, 5.41) is 2.82. The Morgan fingerprint density at radius 2 is 2.05 bits per heavy atom. The van der Waals surface area contributed by atoms with Crippen LogP contribution >= 0.6 is 0 Å². The van der Waals surface area contributed by atoms with Gasteiger partial charge in [-0.05, 0) is 30.0 Å². The van der Waals surface area contributed by atoms with Crippen LogP contribution in [0.1, 0.15) is 28.9 Å². The van der Waals surface area contributed by atoms with Crippen molar-refractivity contribution in [3.8, 4) is 0 Å². The van der Waals surface area contributed by atoms with E-state index in [1.54, 1.807) is 36.0 Å². The average Bonchev–Trinajstić information content (AvgIpc) is 3.32. The summed E-state index contributed by atoms with van der Waals surface area (Å²) in [5.41, 5.74) is 3.96. The number of aromatic nitrogens is 3. The van der Waals surface area contributed by atoms with Gasteiger partial charge in [-0.15, -0.1) is 0 Å². The van der Waals surface area contributed by atoms with Gasteiger partial charge in [0.2, 0.25) is 0 Å². The number of fused-ring (bicyclic) bond motifs is 1. The van der Waals surface area contributed by atoms with Crippen LogP contribution in [0.15, 0.2) is 94.4 Å². The van der Waals surface area contributed by atoms with Gasteiger partial charge in [0.15, 0.2) is 5.82 Å². The number of pyridine rings is 1. The molecule has 0 aromatic carbocycles. The quantitative estimate of drug-likeness (QED) is 0.604. The number of nitrogens with zero attached hydrogens (tertiary/aromatic N) is 8. The van der Waals surface area contributed by atoms with Gasteiger partial charge >= 0.3 is 0 Å². The van der Waals surface area contributed by atoms with Crippen molar-refractivity contribution >= 4 is 30.2 Å². The highest BCUT2D eigenvalue weighted by atomic mass is 16.2. The highest BCUT2D eigenvalue weighted by Gasteiger charge is 2.44. The van der Waals surface area contributed by atoms with E-state index in [2.05, 4.69) is 53.4 Å². The molecule has 2 aromatic heterocycles. The van der Waals surface area contributed by atoms with Crippen LogP contribution in [0, 0.1) is 5.92 Å². The second-order valence-corrected chi connectivity index (χ2v) is 9.83. The third kappa shape index (κ3) is 4.93. The standard InChI is InChI=1S/C29H29N9O2/c1-36-26(21-7-3-2-4-8-21)25(22-16-31-19-35-27(22)36)29(40)38-12-10-37(11-13-38)24-18-32-23(17-33-24)28(39)34-15-20-6-5-9-30-14-20/h2-3,5-7,9-10,12,14,16-19,22,27H,4,8,11,13,15H2,1H3,(H,34,39). The SMILES string of the molecule is CN1C(C2=CC=CCC2)=C(C(=O)N2C=CN(c3cnc(C(=O)NCc4cccnc4)cn3)CC2)C2C=NC=NC21. The van der Waals surface area contributed by atoms with Crippen molar-refractivity contribution in [1.82, 2.24) is 30.1 Å². The number of likely N-dealkylation sites (N-methyl/N-ethyl adjacent to an activating group) is 1. The van der Waals surface area contributed by atoms with Gasteiger partial charge < -0.3 is 20.0 Å². The minimum atomic E-state index is -0.308. The van der Waals surface area contributed by atoms with Crippen molar-refractivity contribution in [2.24, 2.45) is 15.9 Å². The molecule has 1 N–H and O–H groups in total. The molecule has 0 spiro atoms. The van der Waals surface area contributed by atoms with E-state index in [4.69, 9.17) is 0 Å². The molecule has 0 bridgehead atoms. The van der Waals surface area contributed by atoms with Crippen LogP contribution in [0.2, 0.25) is 0 Å². The Morgan fingerprint density at radius 3 is 2.77 bits per heavy atom. The lowest BCUT2D eigenvalue weighted by Crippen LogP contribution is -2.40. The van der Waals surface area contributed by atoms with Gasteiger partial charge in [0.25, 0.3) is 11.8 Å². The number of amides is 2. The highest BCUT2D eigenvalue weighted by Crippen LogP contribution is 2.40. The molecule has 1 aliphatic carbocycles. The lowest BCUT2D eigenvalue weighted by molar-refractivity contribution is -0.125. The zero-order chi connectivity index (χ0) is 27.5. The molecule has 2 atom stereocenters. The summed E-state index contributed by atoms with van der Waals surface area (Å²) in [5.74, 6) is 0.0481. The molecule has 2 amide bonds. The normalized spacial score (nSPS) is 21.5. The molecule has 2 aromatic rings. The molecule has 0 radical (unpaired) electrons. The van der Waals surface area contributed by atoms with Crippen LogP contribution in [0.5, 0.6) is 0 Å². The van der Waals surface area contributed by atoms with Crippen LogP contribution in [-0.4, -0.2) is 75.4 Å². The van der Waals surface area contributed by atoms with E-state index in [9.17, 15) is 9.59 Å². The first-order chi connectivity index (χ1) is 19.6. The van der Waals surface area contributed by atoms with E-state index in [1.165, 1.54) is 6.20 Å². The zero-order valence-corrected chi connectivity index (χ0v) is 22.1. The molecule has 3 aliphatic heterocycles. The van der Waals surface area contributed by atoms with Crippen LogP contribution in [0.25, 0.3) is 0 Å². The van der Waals surface area contributed by atoms with Crippen molar-refractivity contribution < 1.29 is 9.59 Å². The number of allylic oxidation sites excluding steroid dienone is 4. The molecule has 2 unspecified atom stereocenters. The monoisotopic (exact) mass is 535 g/mol. The number of aliphatic imine (C=N–C) groups is 2. The first-order valence-corrected chi connectivity index (χ1v) is 13.2. The van der Waals surface area contributed by atoms with E-state index >= 15 is 0 Å². The number of hydrogen-bond donors (Lipinski definition) is 1. The maximum atomic E-state index is 13.9. The van der Waals surface area contributed by atoms with Gasteiger partial charge in [-0.2, -0.15) is 0 Å². The van der Waals surface area contributed by atoms with Gasteiger partial charge in [-0.1, -0.05) is 24.3 Å². The van der Waals surface area contributed by atoms with Gasteiger partial charge in [0.05, 0.1) is 29.6 Å². The number of rotatable bonds is 6. The molecule has 6 rings (SSSR count). The molecule has 202 valence electrons. The molecular weight excluding hydrogens is 506 g/mol. The van der Waals surface area contributed by atoms with Crippen molar-refractivity contribution in [3.05, 3.63) is 95.6 Å². The van der Waals surface area contributed by atoms with Crippen LogP contribution in [0.3, 0.4) is 0 Å². The smallest absolute Gasteiger partial charge is 0.271 e. The second-order valence-electron chi connectivity index (χ2n) is 9.83. The predicted octanol–water partition coefficient (Wildman–Crippen LogP) is 2.45. The van der Waals surface area contributed by atoms with Gasteiger partial charge in [-0.3, -0.25) is 14.6 Å². The van der Waals surface area contributed by atoms with Crippen molar-refractivity contribution in [2.45, 2.75) is 25.6 Å². The van der Waals surface area contributed by atoms with E-state index in [1.807, 2.05) is 36.5 Å². The molecular formula is C29H29N9O2. The topological polar surface area (TPSA) is 119 Å². The second kappa shape index (κ2) is 11.0. The van der Waals surface area contributed by atoms with E-state index < -0.39 is 0 Å². The van der Waals surface area contributed by atoms with Gasteiger partial charge in [0.1, 0.15) is 18.2 Å². The van der Waals surface area contributed by atoms with Gasteiger partial charge in [-0.25, -0.2) is 20.0 Å². The van der Waals surface area contributed by atoms with Crippen molar-refractivity contribution in [2.75, 3.05) is 25.0 Å². The van der Waals surface area contributed by atoms with Crippen LogP contribution < -0.4 is 10.2 Å². The maximum Gasteiger partial charge on any atom is 0.271 e. The first-order valence-electron chi connectivity index (χ1n) is 13.2. The van der Waals surface area contributed by atoms with Crippen LogP contribution in [0.4, 0.5) is 5.82 Å². The Kier molecular flexibility index (Phi) is 7.00. The Labute approximate surface area is 232 Å². The van der Waals surface area contributed by atoms with E-state index in [0.29, 0.717) is 25.5 Å². The fourth-order valence-corrected chi connectivity index (χ4v) is 5.30. The Hall–Kier alpha value is -4.93. The summed E-state index contributed by atoms with van der Waals surface area (Å²) in [6.07, 6.45) is 21.3. The number of nitrogens with one attached hydrogen (secondary N) is 1. The molecule has 0 saturated heterocycles. The minimum absolute atomic E-state index is 0.0454. The molecule has 11 nitrogen and oxygen atoms in total. The molecule has 11 heteroatoms. The van der Waals surface area contributed by atoms with Crippen molar-refractivity contribution in [1.29, 1.82) is 0 Å².